The zero-order chi connectivity index (χ0) is 10.2. The Hall–Kier alpha value is 0.220. The van der Waals surface area contributed by atoms with Gasteiger partial charge in [0, 0.05) is 12.4 Å². The van der Waals surface area contributed by atoms with Crippen LogP contribution in [0.3, 0.4) is 0 Å². The molecule has 2 N–H and O–H groups in total. The van der Waals surface area contributed by atoms with Crippen LogP contribution in [0.1, 0.15) is 19.3 Å². The van der Waals surface area contributed by atoms with E-state index in [1.807, 2.05) is 11.8 Å². The molecule has 0 bridgehead atoms. The Kier molecular flexibility index (Phi) is 2.81. The van der Waals surface area contributed by atoms with Crippen LogP contribution in [0.15, 0.2) is 0 Å². The molecule has 2 unspecified atom stereocenters. The molecule has 14 heavy (non-hydrogen) atoms. The van der Waals surface area contributed by atoms with Crippen molar-refractivity contribution in [1.82, 2.24) is 0 Å². The number of hydrogen-bond acceptors (Lipinski definition) is 4. The molecule has 2 rings (SSSR count). The Morgan fingerprint density at radius 3 is 2.86 bits per heavy atom. The Morgan fingerprint density at radius 1 is 1.50 bits per heavy atom. The first-order valence-corrected chi connectivity index (χ1v) is 7.52. The molecule has 1 spiro atoms. The van der Waals surface area contributed by atoms with Crippen LogP contribution in [0.2, 0.25) is 0 Å². The van der Waals surface area contributed by atoms with Gasteiger partial charge in [0.2, 0.25) is 10.0 Å². The molecule has 2 atom stereocenters. The molecule has 82 valence electrons. The average molecular weight is 237 g/mol. The Morgan fingerprint density at radius 2 is 2.29 bits per heavy atom. The number of hydrogen-bond donors (Lipinski definition) is 1. The zero-order valence-electron chi connectivity index (χ0n) is 7.94. The van der Waals surface area contributed by atoms with E-state index >= 15 is 0 Å². The molecule has 0 aromatic carbocycles. The highest BCUT2D eigenvalue weighted by Gasteiger charge is 2.43. The summed E-state index contributed by atoms with van der Waals surface area (Å²) in [4.78, 5) is 0. The molecule has 0 aliphatic carbocycles. The predicted molar refractivity (Wildman–Crippen MR) is 56.8 cm³/mol. The minimum Gasteiger partial charge on any atom is -0.374 e. The number of nitrogens with two attached hydrogens (primary N) is 1. The van der Waals surface area contributed by atoms with Crippen molar-refractivity contribution >= 4 is 21.8 Å². The fraction of sp³-hybridized carbons (Fsp3) is 1.00. The van der Waals surface area contributed by atoms with E-state index in [-0.39, 0.29) is 5.60 Å². The first-order chi connectivity index (χ1) is 6.52. The maximum absolute atomic E-state index is 11.2. The summed E-state index contributed by atoms with van der Waals surface area (Å²) in [6, 6.07) is 0. The molecule has 2 heterocycles. The van der Waals surface area contributed by atoms with Crippen LogP contribution in [-0.2, 0) is 14.8 Å². The van der Waals surface area contributed by atoms with E-state index < -0.39 is 15.3 Å². The average Bonchev–Trinajstić information content (AvgIpc) is 2.52. The summed E-state index contributed by atoms with van der Waals surface area (Å²) in [5.74, 6) is 1.98. The first-order valence-electron chi connectivity index (χ1n) is 4.75. The second kappa shape index (κ2) is 3.66. The van der Waals surface area contributed by atoms with E-state index in [1.165, 1.54) is 0 Å². The zero-order valence-corrected chi connectivity index (χ0v) is 9.57. The monoisotopic (exact) mass is 237 g/mol. The van der Waals surface area contributed by atoms with Gasteiger partial charge in [0.15, 0.2) is 0 Å². The summed E-state index contributed by atoms with van der Waals surface area (Å²) in [5, 5.41) is 4.78. The normalized spacial score (nSPS) is 39.1. The van der Waals surface area contributed by atoms with Gasteiger partial charge >= 0.3 is 0 Å². The van der Waals surface area contributed by atoms with E-state index in [0.717, 1.165) is 17.9 Å². The standard InChI is InChI=1S/C8H15NO3S2/c9-14(10,11)7-1-3-12-8(5-7)2-4-13-6-8/h7H,1-6H2,(H2,9,10,11). The highest BCUT2D eigenvalue weighted by molar-refractivity contribution is 7.99. The van der Waals surface area contributed by atoms with Gasteiger partial charge in [-0.15, -0.1) is 0 Å². The maximum atomic E-state index is 11.2. The van der Waals surface area contributed by atoms with Gasteiger partial charge in [0.1, 0.15) is 0 Å². The molecule has 2 aliphatic heterocycles. The Balaban J connectivity index is 2.11. The minimum atomic E-state index is -3.38. The first kappa shape index (κ1) is 10.7. The summed E-state index contributed by atoms with van der Waals surface area (Å²) in [6.07, 6.45) is 2.09. The number of primary sulfonamides is 1. The third-order valence-electron chi connectivity index (χ3n) is 2.98. The van der Waals surface area contributed by atoms with Gasteiger partial charge in [-0.1, -0.05) is 0 Å². The molecule has 6 heteroatoms. The van der Waals surface area contributed by atoms with Gasteiger partial charge in [-0.25, -0.2) is 13.6 Å². The quantitative estimate of drug-likeness (QED) is 0.713. The van der Waals surface area contributed by atoms with E-state index in [0.29, 0.717) is 19.4 Å². The summed E-state index contributed by atoms with van der Waals surface area (Å²) in [7, 11) is -3.38. The molecule has 2 fully saturated rings. The lowest BCUT2D eigenvalue weighted by Crippen LogP contribution is -2.46. The summed E-state index contributed by atoms with van der Waals surface area (Å²) in [6.45, 7) is 0.529. The van der Waals surface area contributed by atoms with Crippen molar-refractivity contribution in [3.8, 4) is 0 Å². The summed E-state index contributed by atoms with van der Waals surface area (Å²) >= 11 is 1.83. The number of ether oxygens (including phenoxy) is 1. The Labute approximate surface area is 88.6 Å². The minimum absolute atomic E-state index is 0.194. The van der Waals surface area contributed by atoms with Gasteiger partial charge in [-0.2, -0.15) is 11.8 Å². The molecular weight excluding hydrogens is 222 g/mol. The van der Waals surface area contributed by atoms with E-state index in [2.05, 4.69) is 0 Å². The lowest BCUT2D eigenvalue weighted by atomic mass is 9.93. The number of sulfonamides is 1. The molecule has 0 aromatic heterocycles. The van der Waals surface area contributed by atoms with Crippen molar-refractivity contribution in [2.75, 3.05) is 18.1 Å². The van der Waals surface area contributed by atoms with Crippen molar-refractivity contribution < 1.29 is 13.2 Å². The van der Waals surface area contributed by atoms with Crippen LogP contribution >= 0.6 is 11.8 Å². The van der Waals surface area contributed by atoms with Gasteiger partial charge in [-0.3, -0.25) is 0 Å². The highest BCUT2D eigenvalue weighted by atomic mass is 32.2. The molecule has 0 saturated carbocycles. The fourth-order valence-electron chi connectivity index (χ4n) is 2.13. The van der Waals surface area contributed by atoms with Crippen molar-refractivity contribution in [2.24, 2.45) is 5.14 Å². The van der Waals surface area contributed by atoms with Crippen LogP contribution in [-0.4, -0.2) is 37.4 Å². The third-order valence-corrected chi connectivity index (χ3v) is 5.53. The maximum Gasteiger partial charge on any atom is 0.212 e. The van der Waals surface area contributed by atoms with Crippen molar-refractivity contribution in [3.63, 3.8) is 0 Å². The fourth-order valence-corrected chi connectivity index (χ4v) is 4.47. The summed E-state index contributed by atoms with van der Waals surface area (Å²) < 4.78 is 28.2. The molecule has 0 aromatic rings. The van der Waals surface area contributed by atoms with Crippen LogP contribution in [0.25, 0.3) is 0 Å². The van der Waals surface area contributed by atoms with Crippen molar-refractivity contribution in [2.45, 2.75) is 30.1 Å². The molecular formula is C8H15NO3S2. The second-order valence-corrected chi connectivity index (χ2v) is 6.99. The van der Waals surface area contributed by atoms with Gasteiger partial charge in [0.05, 0.1) is 10.9 Å². The molecule has 0 radical (unpaired) electrons. The third kappa shape index (κ3) is 2.08. The van der Waals surface area contributed by atoms with Crippen LogP contribution in [0.4, 0.5) is 0 Å². The van der Waals surface area contributed by atoms with E-state index in [9.17, 15) is 8.42 Å². The molecule has 2 aliphatic rings. The molecule has 4 nitrogen and oxygen atoms in total. The largest absolute Gasteiger partial charge is 0.374 e. The van der Waals surface area contributed by atoms with Crippen molar-refractivity contribution in [3.05, 3.63) is 0 Å². The SMILES string of the molecule is NS(=O)(=O)C1CCOC2(CCSC2)C1. The number of rotatable bonds is 1. The number of thioether (sulfide) groups is 1. The molecule has 2 saturated heterocycles. The highest BCUT2D eigenvalue weighted by Crippen LogP contribution is 2.39. The van der Waals surface area contributed by atoms with E-state index in [1.54, 1.807) is 0 Å². The van der Waals surface area contributed by atoms with Gasteiger partial charge < -0.3 is 4.74 Å². The predicted octanol–water partition coefficient (Wildman–Crippen LogP) is 0.330. The smallest absolute Gasteiger partial charge is 0.212 e. The van der Waals surface area contributed by atoms with Crippen LogP contribution < -0.4 is 5.14 Å². The van der Waals surface area contributed by atoms with Gasteiger partial charge in [-0.05, 0) is 25.0 Å². The van der Waals surface area contributed by atoms with E-state index in [4.69, 9.17) is 9.88 Å². The van der Waals surface area contributed by atoms with Gasteiger partial charge in [0.25, 0.3) is 0 Å². The summed E-state index contributed by atoms with van der Waals surface area (Å²) in [5.41, 5.74) is -0.194. The second-order valence-electron chi connectivity index (χ2n) is 4.04. The lowest BCUT2D eigenvalue weighted by molar-refractivity contribution is -0.0572. The lowest BCUT2D eigenvalue weighted by Gasteiger charge is -2.36. The Bertz CT molecular complexity index is 309. The van der Waals surface area contributed by atoms with Crippen molar-refractivity contribution in [1.29, 1.82) is 0 Å². The van der Waals surface area contributed by atoms with Crippen LogP contribution in [0.5, 0.6) is 0 Å². The molecule has 0 amide bonds. The van der Waals surface area contributed by atoms with Crippen LogP contribution in [0, 0.1) is 0 Å². The topological polar surface area (TPSA) is 69.4 Å².